The molecule has 0 fully saturated rings. The minimum atomic E-state index is 0.546. The summed E-state index contributed by atoms with van der Waals surface area (Å²) >= 11 is 0. The molecule has 0 atom stereocenters. The maximum atomic E-state index is 5.49. The molecule has 0 saturated carbocycles. The van der Waals surface area contributed by atoms with E-state index in [0.29, 0.717) is 11.7 Å². The molecule has 0 aliphatic carbocycles. The van der Waals surface area contributed by atoms with Crippen LogP contribution < -0.4 is 0 Å². The minimum Gasteiger partial charge on any atom is -0.334 e. The Kier molecular flexibility index (Phi) is 5.04. The minimum absolute atomic E-state index is 0.546. The number of aryl methyl sites for hydroxylation is 3. The Morgan fingerprint density at radius 2 is 1.92 bits per heavy atom. The van der Waals surface area contributed by atoms with Gasteiger partial charge in [-0.2, -0.15) is 4.98 Å². The van der Waals surface area contributed by atoms with E-state index in [-0.39, 0.29) is 0 Å². The quantitative estimate of drug-likeness (QED) is 0.640. The zero-order chi connectivity index (χ0) is 16.9. The van der Waals surface area contributed by atoms with Gasteiger partial charge >= 0.3 is 0 Å². The van der Waals surface area contributed by atoms with Crippen molar-refractivity contribution in [3.8, 4) is 22.8 Å². The highest BCUT2D eigenvalue weighted by atomic mass is 16.5. The van der Waals surface area contributed by atoms with Crippen molar-refractivity contribution in [1.82, 2.24) is 15.1 Å². The average Bonchev–Trinajstić information content (AvgIpc) is 3.10. The van der Waals surface area contributed by atoms with Crippen molar-refractivity contribution in [1.29, 1.82) is 0 Å². The summed E-state index contributed by atoms with van der Waals surface area (Å²) in [6.07, 6.45) is 6.07. The maximum absolute atomic E-state index is 5.49. The molecule has 4 heteroatoms. The second-order valence-electron chi connectivity index (χ2n) is 6.12. The van der Waals surface area contributed by atoms with Crippen LogP contribution in [0.2, 0.25) is 0 Å². The average molecular weight is 321 g/mol. The Morgan fingerprint density at radius 1 is 1.04 bits per heavy atom. The predicted octanol–water partition coefficient (Wildman–Crippen LogP) is 5.01. The first-order valence-electron chi connectivity index (χ1n) is 8.59. The fourth-order valence-corrected chi connectivity index (χ4v) is 2.76. The third kappa shape index (κ3) is 3.70. The molecule has 0 radical (unpaired) electrons. The van der Waals surface area contributed by atoms with E-state index >= 15 is 0 Å². The molecule has 4 nitrogen and oxygen atoms in total. The lowest BCUT2D eigenvalue weighted by molar-refractivity contribution is 0.432. The lowest BCUT2D eigenvalue weighted by Crippen LogP contribution is -1.91. The van der Waals surface area contributed by atoms with Crippen LogP contribution in [-0.4, -0.2) is 15.1 Å². The number of rotatable bonds is 6. The standard InChI is InChI=1S/C20H23N3O/c1-4-6-7-18-13-16(8-9-21-18)20-22-19(23-24-20)17-11-14(3)10-15(5-2)12-17/h8-13H,4-7H2,1-3H3. The second-order valence-corrected chi connectivity index (χ2v) is 6.12. The molecule has 3 rings (SSSR count). The molecule has 0 unspecified atom stereocenters. The molecule has 24 heavy (non-hydrogen) atoms. The molecule has 3 aromatic rings. The number of pyridine rings is 1. The van der Waals surface area contributed by atoms with Crippen LogP contribution in [0.15, 0.2) is 41.1 Å². The van der Waals surface area contributed by atoms with E-state index in [1.807, 2.05) is 18.3 Å². The smallest absolute Gasteiger partial charge is 0.258 e. The monoisotopic (exact) mass is 321 g/mol. The van der Waals surface area contributed by atoms with Gasteiger partial charge < -0.3 is 4.52 Å². The summed E-state index contributed by atoms with van der Waals surface area (Å²) in [5.41, 5.74) is 5.49. The van der Waals surface area contributed by atoms with Crippen molar-refractivity contribution in [2.75, 3.05) is 0 Å². The normalized spacial score (nSPS) is 11.0. The van der Waals surface area contributed by atoms with Gasteiger partial charge in [-0.25, -0.2) is 0 Å². The number of nitrogens with zero attached hydrogens (tertiary/aromatic N) is 3. The third-order valence-corrected chi connectivity index (χ3v) is 4.08. The van der Waals surface area contributed by atoms with Gasteiger partial charge in [0.25, 0.3) is 5.89 Å². The molecule has 0 N–H and O–H groups in total. The highest BCUT2D eigenvalue weighted by molar-refractivity contribution is 5.61. The van der Waals surface area contributed by atoms with Crippen molar-refractivity contribution in [2.45, 2.75) is 46.5 Å². The molecule has 0 bridgehead atoms. The van der Waals surface area contributed by atoms with Crippen molar-refractivity contribution in [3.63, 3.8) is 0 Å². The summed E-state index contributed by atoms with van der Waals surface area (Å²) in [6.45, 7) is 6.42. The first-order valence-corrected chi connectivity index (χ1v) is 8.59. The summed E-state index contributed by atoms with van der Waals surface area (Å²) in [4.78, 5) is 8.99. The molecule has 2 aromatic heterocycles. The van der Waals surface area contributed by atoms with Crippen molar-refractivity contribution < 1.29 is 4.52 Å². The molecule has 2 heterocycles. The summed E-state index contributed by atoms with van der Waals surface area (Å²) in [7, 11) is 0. The zero-order valence-electron chi connectivity index (χ0n) is 14.5. The fourth-order valence-electron chi connectivity index (χ4n) is 2.76. The second kappa shape index (κ2) is 7.39. The van der Waals surface area contributed by atoms with Crippen LogP contribution in [0.4, 0.5) is 0 Å². The Labute approximate surface area is 143 Å². The van der Waals surface area contributed by atoms with Gasteiger partial charge in [0.2, 0.25) is 5.82 Å². The summed E-state index contributed by atoms with van der Waals surface area (Å²) < 4.78 is 5.49. The van der Waals surface area contributed by atoms with E-state index < -0.39 is 0 Å². The van der Waals surface area contributed by atoms with E-state index in [1.54, 1.807) is 0 Å². The number of benzene rings is 1. The van der Waals surface area contributed by atoms with Crippen molar-refractivity contribution >= 4 is 0 Å². The Bertz CT molecular complexity index is 823. The van der Waals surface area contributed by atoms with E-state index in [9.17, 15) is 0 Å². The predicted molar refractivity (Wildman–Crippen MR) is 95.7 cm³/mol. The highest BCUT2D eigenvalue weighted by Crippen LogP contribution is 2.24. The molecule has 124 valence electrons. The molecule has 0 aliphatic heterocycles. The molecular weight excluding hydrogens is 298 g/mol. The van der Waals surface area contributed by atoms with Crippen molar-refractivity contribution in [3.05, 3.63) is 53.3 Å². The maximum Gasteiger partial charge on any atom is 0.258 e. The molecule has 1 aromatic carbocycles. The van der Waals surface area contributed by atoms with Gasteiger partial charge in [-0.3, -0.25) is 4.98 Å². The van der Waals surface area contributed by atoms with Crippen LogP contribution >= 0.6 is 0 Å². The number of hydrogen-bond acceptors (Lipinski definition) is 4. The molecule has 0 spiro atoms. The Morgan fingerprint density at radius 3 is 2.71 bits per heavy atom. The van der Waals surface area contributed by atoms with Gasteiger partial charge in [0.15, 0.2) is 0 Å². The zero-order valence-corrected chi connectivity index (χ0v) is 14.5. The van der Waals surface area contributed by atoms with Crippen LogP contribution in [0.5, 0.6) is 0 Å². The Balaban J connectivity index is 1.89. The first kappa shape index (κ1) is 16.4. The SMILES string of the molecule is CCCCc1cc(-c2nc(-c3cc(C)cc(CC)c3)no2)ccn1. The van der Waals surface area contributed by atoms with Gasteiger partial charge in [-0.05, 0) is 56.0 Å². The largest absolute Gasteiger partial charge is 0.334 e. The molecule has 0 aliphatic rings. The topological polar surface area (TPSA) is 51.8 Å². The fraction of sp³-hybridized carbons (Fsp3) is 0.350. The van der Waals surface area contributed by atoms with Gasteiger partial charge in [0.05, 0.1) is 0 Å². The number of unbranched alkanes of at least 4 members (excludes halogenated alkanes) is 1. The van der Waals surface area contributed by atoms with Crippen LogP contribution in [0.1, 0.15) is 43.5 Å². The number of hydrogen-bond donors (Lipinski definition) is 0. The lowest BCUT2D eigenvalue weighted by atomic mass is 10.0. The van der Waals surface area contributed by atoms with Gasteiger partial charge in [0.1, 0.15) is 0 Å². The van der Waals surface area contributed by atoms with Crippen LogP contribution in [0, 0.1) is 6.92 Å². The first-order chi connectivity index (χ1) is 11.7. The van der Waals surface area contributed by atoms with Gasteiger partial charge in [-0.15, -0.1) is 0 Å². The van der Waals surface area contributed by atoms with E-state index in [1.165, 1.54) is 11.1 Å². The molecular formula is C20H23N3O. The van der Waals surface area contributed by atoms with Crippen molar-refractivity contribution in [2.24, 2.45) is 0 Å². The van der Waals surface area contributed by atoms with Crippen LogP contribution in [0.25, 0.3) is 22.8 Å². The van der Waals surface area contributed by atoms with E-state index in [2.05, 4.69) is 54.1 Å². The highest BCUT2D eigenvalue weighted by Gasteiger charge is 2.12. The molecule has 0 saturated heterocycles. The number of aromatic nitrogens is 3. The van der Waals surface area contributed by atoms with E-state index in [0.717, 1.165) is 42.5 Å². The lowest BCUT2D eigenvalue weighted by Gasteiger charge is -2.02. The summed E-state index contributed by atoms with van der Waals surface area (Å²) in [5.74, 6) is 1.18. The summed E-state index contributed by atoms with van der Waals surface area (Å²) in [5, 5.41) is 4.16. The van der Waals surface area contributed by atoms with Crippen LogP contribution in [-0.2, 0) is 12.8 Å². The van der Waals surface area contributed by atoms with E-state index in [4.69, 9.17) is 4.52 Å². The molecule has 0 amide bonds. The Hall–Kier alpha value is -2.49. The van der Waals surface area contributed by atoms with Gasteiger partial charge in [0, 0.05) is 23.0 Å². The third-order valence-electron chi connectivity index (χ3n) is 4.08. The van der Waals surface area contributed by atoms with Crippen LogP contribution in [0.3, 0.4) is 0 Å². The summed E-state index contributed by atoms with van der Waals surface area (Å²) in [6, 6.07) is 10.4. The van der Waals surface area contributed by atoms with Gasteiger partial charge in [-0.1, -0.05) is 37.1 Å².